The molecule has 0 amide bonds. The van der Waals surface area contributed by atoms with Gasteiger partial charge >= 0.3 is 6.18 Å². The van der Waals surface area contributed by atoms with E-state index in [-0.39, 0.29) is 42.4 Å². The van der Waals surface area contributed by atoms with Crippen LogP contribution in [0, 0.1) is 23.2 Å². The van der Waals surface area contributed by atoms with Gasteiger partial charge in [-0.3, -0.25) is 26.3 Å². The van der Waals surface area contributed by atoms with Gasteiger partial charge in [0.05, 0.1) is 18.4 Å². The molecule has 5 aliphatic rings. The molecule has 3 saturated heterocycles. The highest BCUT2D eigenvalue weighted by atomic mass is 35.5. The number of guanidine groups is 1. The van der Waals surface area contributed by atoms with Crippen LogP contribution in [0.25, 0.3) is 0 Å². The van der Waals surface area contributed by atoms with Crippen molar-refractivity contribution < 1.29 is 13.2 Å². The standard InChI is InChI=1S/C24H41ClF3N7/c1-33-13-19(24(26,27)28)31-21(33)15-9-7-14(8-10-15)12-35-22-18(34(2)23(35)29)11-30-20(32-22)16-5-3-4-6-17(16)25/h14-22,29-32H,3-13H2,1-2H3. The predicted octanol–water partition coefficient (Wildman–Crippen LogP) is 2.78. The van der Waals surface area contributed by atoms with Gasteiger partial charge in [-0.05, 0) is 57.4 Å². The maximum Gasteiger partial charge on any atom is 0.405 e. The Morgan fingerprint density at radius 1 is 1.00 bits per heavy atom. The van der Waals surface area contributed by atoms with Crippen molar-refractivity contribution in [3.05, 3.63) is 0 Å². The van der Waals surface area contributed by atoms with Crippen LogP contribution >= 0.6 is 11.6 Å². The second-order valence-electron chi connectivity index (χ2n) is 11.5. The van der Waals surface area contributed by atoms with Gasteiger partial charge in [0, 0.05) is 38.0 Å². The fourth-order valence-electron chi connectivity index (χ4n) is 7.26. The molecule has 0 radical (unpaired) electrons. The molecule has 200 valence electrons. The summed E-state index contributed by atoms with van der Waals surface area (Å²) in [5, 5.41) is 19.3. The Balaban J connectivity index is 1.17. The van der Waals surface area contributed by atoms with Gasteiger partial charge in [-0.25, -0.2) is 0 Å². The second kappa shape index (κ2) is 10.2. The maximum atomic E-state index is 13.2. The van der Waals surface area contributed by atoms with Crippen LogP contribution in [0.4, 0.5) is 13.2 Å². The van der Waals surface area contributed by atoms with Gasteiger partial charge in [-0.15, -0.1) is 11.6 Å². The molecule has 2 aliphatic carbocycles. The fourth-order valence-corrected chi connectivity index (χ4v) is 7.69. The number of nitrogens with one attached hydrogen (secondary N) is 4. The Hall–Kier alpha value is -0.810. The number of halogens is 4. The highest BCUT2D eigenvalue weighted by Gasteiger charge is 2.50. The van der Waals surface area contributed by atoms with Crippen molar-refractivity contribution in [1.29, 1.82) is 5.41 Å². The van der Waals surface area contributed by atoms with Crippen LogP contribution < -0.4 is 16.0 Å². The number of hydrogen-bond donors (Lipinski definition) is 4. The van der Waals surface area contributed by atoms with Crippen molar-refractivity contribution in [2.75, 3.05) is 33.7 Å². The summed E-state index contributed by atoms with van der Waals surface area (Å²) in [6.07, 6.45) is 4.33. The zero-order valence-corrected chi connectivity index (χ0v) is 21.6. The minimum absolute atomic E-state index is 0.0272. The molecule has 0 aromatic carbocycles. The molecule has 0 spiro atoms. The number of fused-ring (bicyclic) bond motifs is 1. The molecule has 5 fully saturated rings. The summed E-state index contributed by atoms with van der Waals surface area (Å²) in [6.45, 7) is 1.69. The molecule has 7 atom stereocenters. The Morgan fingerprint density at radius 3 is 2.37 bits per heavy atom. The summed E-state index contributed by atoms with van der Waals surface area (Å²) < 4.78 is 39.6. The van der Waals surface area contributed by atoms with Crippen molar-refractivity contribution in [2.24, 2.45) is 17.8 Å². The SMILES string of the molecule is CN1CC(C(F)(F)F)NC1C1CCC(CN2C(=N)N(C)C3CNC(C4CCCCC4Cl)NC32)CC1. The lowest BCUT2D eigenvalue weighted by Crippen LogP contribution is -2.67. The molecule has 0 bridgehead atoms. The minimum atomic E-state index is -4.19. The highest BCUT2D eigenvalue weighted by molar-refractivity contribution is 6.20. The van der Waals surface area contributed by atoms with Gasteiger partial charge in [0.25, 0.3) is 0 Å². The summed E-state index contributed by atoms with van der Waals surface area (Å²) in [5.74, 6) is 1.66. The normalized spacial score (nSPS) is 43.6. The molecular weight excluding hydrogens is 479 g/mol. The van der Waals surface area contributed by atoms with Gasteiger partial charge in [0.2, 0.25) is 0 Å². The second-order valence-corrected chi connectivity index (χ2v) is 12.1. The summed E-state index contributed by atoms with van der Waals surface area (Å²) in [5.41, 5.74) is 0. The third kappa shape index (κ3) is 5.15. The summed E-state index contributed by atoms with van der Waals surface area (Å²) in [7, 11) is 3.80. The van der Waals surface area contributed by atoms with Crippen LogP contribution in [0.1, 0.15) is 51.4 Å². The van der Waals surface area contributed by atoms with E-state index in [0.29, 0.717) is 17.8 Å². The molecule has 7 unspecified atom stereocenters. The summed E-state index contributed by atoms with van der Waals surface area (Å²) in [4.78, 5) is 6.14. The van der Waals surface area contributed by atoms with Crippen molar-refractivity contribution >= 4 is 17.6 Å². The van der Waals surface area contributed by atoms with Gasteiger partial charge in [-0.1, -0.05) is 12.8 Å². The molecule has 7 nitrogen and oxygen atoms in total. The van der Waals surface area contributed by atoms with Crippen molar-refractivity contribution in [2.45, 2.75) is 93.5 Å². The number of likely N-dealkylation sites (N-methyl/N-ethyl adjacent to an activating group) is 2. The minimum Gasteiger partial charge on any atom is -0.338 e. The van der Waals surface area contributed by atoms with E-state index in [1.807, 2.05) is 11.9 Å². The Bertz CT molecular complexity index is 762. The lowest BCUT2D eigenvalue weighted by molar-refractivity contribution is -0.150. The van der Waals surface area contributed by atoms with Crippen molar-refractivity contribution in [3.8, 4) is 0 Å². The van der Waals surface area contributed by atoms with Gasteiger partial charge in [0.15, 0.2) is 5.96 Å². The van der Waals surface area contributed by atoms with E-state index >= 15 is 0 Å². The monoisotopic (exact) mass is 519 g/mol. The summed E-state index contributed by atoms with van der Waals surface area (Å²) >= 11 is 6.70. The molecule has 0 aromatic heterocycles. The average Bonchev–Trinajstić information content (AvgIpc) is 3.33. The lowest BCUT2D eigenvalue weighted by Gasteiger charge is -2.44. The lowest BCUT2D eigenvalue weighted by atomic mass is 9.80. The Kier molecular flexibility index (Phi) is 7.49. The molecule has 3 heterocycles. The smallest absolute Gasteiger partial charge is 0.338 e. The van der Waals surface area contributed by atoms with E-state index in [1.165, 1.54) is 12.8 Å². The van der Waals surface area contributed by atoms with E-state index in [4.69, 9.17) is 17.0 Å². The van der Waals surface area contributed by atoms with E-state index in [2.05, 4.69) is 25.8 Å². The van der Waals surface area contributed by atoms with Gasteiger partial charge < -0.3 is 9.80 Å². The Labute approximate surface area is 212 Å². The van der Waals surface area contributed by atoms with Crippen LogP contribution in [-0.2, 0) is 0 Å². The van der Waals surface area contributed by atoms with E-state index < -0.39 is 12.2 Å². The molecule has 35 heavy (non-hydrogen) atoms. The molecule has 0 aromatic rings. The zero-order chi connectivity index (χ0) is 24.9. The van der Waals surface area contributed by atoms with E-state index in [0.717, 1.165) is 51.6 Å². The molecule has 5 rings (SSSR count). The average molecular weight is 520 g/mol. The first-order chi connectivity index (χ1) is 16.6. The van der Waals surface area contributed by atoms with Crippen molar-refractivity contribution in [3.63, 3.8) is 0 Å². The molecular formula is C24H41ClF3N7. The first-order valence-electron chi connectivity index (χ1n) is 13.4. The molecule has 4 N–H and O–H groups in total. The summed E-state index contributed by atoms with van der Waals surface area (Å²) in [6, 6.07) is -1.22. The number of hydrogen-bond acceptors (Lipinski definition) is 5. The number of nitrogens with zero attached hydrogens (tertiary/aromatic N) is 3. The molecule has 11 heteroatoms. The van der Waals surface area contributed by atoms with E-state index in [9.17, 15) is 13.2 Å². The van der Waals surface area contributed by atoms with Crippen LogP contribution in [0.15, 0.2) is 0 Å². The van der Waals surface area contributed by atoms with Gasteiger partial charge in [-0.2, -0.15) is 13.2 Å². The topological polar surface area (TPSA) is 69.7 Å². The van der Waals surface area contributed by atoms with Gasteiger partial charge in [0.1, 0.15) is 12.2 Å². The first kappa shape index (κ1) is 25.8. The number of rotatable bonds is 4. The fraction of sp³-hybridized carbons (Fsp3) is 0.958. The third-order valence-electron chi connectivity index (χ3n) is 9.37. The quantitative estimate of drug-likeness (QED) is 0.428. The predicted molar refractivity (Wildman–Crippen MR) is 131 cm³/mol. The largest absolute Gasteiger partial charge is 0.405 e. The zero-order valence-electron chi connectivity index (χ0n) is 20.8. The van der Waals surface area contributed by atoms with E-state index in [1.54, 1.807) is 7.05 Å². The first-order valence-corrected chi connectivity index (χ1v) is 13.8. The van der Waals surface area contributed by atoms with Crippen LogP contribution in [-0.4, -0.2) is 96.5 Å². The molecule has 2 saturated carbocycles. The van der Waals surface area contributed by atoms with Crippen LogP contribution in [0.3, 0.4) is 0 Å². The van der Waals surface area contributed by atoms with Crippen LogP contribution in [0.5, 0.6) is 0 Å². The number of alkyl halides is 4. The Morgan fingerprint density at radius 2 is 1.71 bits per heavy atom. The van der Waals surface area contributed by atoms with Crippen LogP contribution in [0.2, 0.25) is 0 Å². The maximum absolute atomic E-state index is 13.2. The third-order valence-corrected chi connectivity index (χ3v) is 9.91. The van der Waals surface area contributed by atoms with Crippen molar-refractivity contribution in [1.82, 2.24) is 30.7 Å². The molecule has 3 aliphatic heterocycles. The highest BCUT2D eigenvalue weighted by Crippen LogP contribution is 2.37.